The van der Waals surface area contributed by atoms with Crippen LogP contribution in [0.5, 0.6) is 0 Å². The molecule has 7 heteroatoms. The third-order valence-electron chi connectivity index (χ3n) is 3.71. The molecule has 1 aromatic carbocycles. The molecule has 7 nitrogen and oxygen atoms in total. The minimum atomic E-state index is -0.391. The molecule has 1 aliphatic rings. The Balaban J connectivity index is 1.75. The summed E-state index contributed by atoms with van der Waals surface area (Å²) < 4.78 is 8.29. The molecule has 0 unspecified atom stereocenters. The fourth-order valence-corrected chi connectivity index (χ4v) is 2.57. The van der Waals surface area contributed by atoms with Crippen molar-refractivity contribution in [3.63, 3.8) is 0 Å². The van der Waals surface area contributed by atoms with Gasteiger partial charge in [-0.2, -0.15) is 5.10 Å². The zero-order valence-electron chi connectivity index (χ0n) is 13.5. The molecule has 1 aromatic heterocycles. The number of cyclic esters (lactones) is 1. The Labute approximate surface area is 134 Å². The predicted octanol–water partition coefficient (Wildman–Crippen LogP) is 1.83. The number of amides is 1. The Morgan fingerprint density at radius 3 is 2.52 bits per heavy atom. The van der Waals surface area contributed by atoms with E-state index in [0.717, 1.165) is 5.69 Å². The number of rotatable bonds is 3. The zero-order valence-corrected chi connectivity index (χ0v) is 13.5. The number of hydrogen-bond donors (Lipinski definition) is 0. The summed E-state index contributed by atoms with van der Waals surface area (Å²) in [6.07, 6.45) is 0.725. The first kappa shape index (κ1) is 15.3. The van der Waals surface area contributed by atoms with Crippen molar-refractivity contribution in [1.29, 1.82) is 0 Å². The van der Waals surface area contributed by atoms with Gasteiger partial charge in [0, 0.05) is 5.69 Å². The lowest BCUT2D eigenvalue weighted by Gasteiger charge is -2.17. The van der Waals surface area contributed by atoms with E-state index in [1.807, 2.05) is 51.1 Å². The SMILES string of the molecule is CC(C)(C)n1ncn(C[C@@H]2CN(c3ccccc3)C(=O)O2)c1=O. The topological polar surface area (TPSA) is 69.4 Å². The first-order valence-corrected chi connectivity index (χ1v) is 7.54. The third-order valence-corrected chi connectivity index (χ3v) is 3.71. The fraction of sp³-hybridized carbons (Fsp3) is 0.438. The Morgan fingerprint density at radius 1 is 1.22 bits per heavy atom. The quantitative estimate of drug-likeness (QED) is 0.866. The normalized spacial score (nSPS) is 18.3. The average molecular weight is 316 g/mol. The van der Waals surface area contributed by atoms with Crippen molar-refractivity contribution in [3.05, 3.63) is 47.1 Å². The lowest BCUT2D eigenvalue weighted by Crippen LogP contribution is -2.37. The highest BCUT2D eigenvalue weighted by Crippen LogP contribution is 2.21. The first-order valence-electron chi connectivity index (χ1n) is 7.54. The van der Waals surface area contributed by atoms with Crippen molar-refractivity contribution < 1.29 is 9.53 Å². The summed E-state index contributed by atoms with van der Waals surface area (Å²) in [5.41, 5.74) is 0.203. The van der Waals surface area contributed by atoms with Crippen molar-refractivity contribution >= 4 is 11.8 Å². The van der Waals surface area contributed by atoms with Crippen LogP contribution in [0.15, 0.2) is 41.5 Å². The number of carbonyl (C=O) groups excluding carboxylic acids is 1. The van der Waals surface area contributed by atoms with E-state index in [1.54, 1.807) is 4.90 Å². The standard InChI is InChI=1S/C16H20N4O3/c1-16(2,3)20-14(21)18(11-17-20)9-13-10-19(15(22)23-13)12-7-5-4-6-8-12/h4-8,11,13H,9-10H2,1-3H3/t13-/m1/s1. The predicted molar refractivity (Wildman–Crippen MR) is 85.5 cm³/mol. The molecule has 0 saturated carbocycles. The summed E-state index contributed by atoms with van der Waals surface area (Å²) in [5, 5.41) is 4.14. The molecule has 1 aliphatic heterocycles. The summed E-state index contributed by atoms with van der Waals surface area (Å²) in [4.78, 5) is 25.9. The lowest BCUT2D eigenvalue weighted by atomic mass is 10.1. The second-order valence-corrected chi connectivity index (χ2v) is 6.60. The number of ether oxygens (including phenoxy) is 1. The van der Waals surface area contributed by atoms with Crippen LogP contribution in [0.4, 0.5) is 10.5 Å². The largest absolute Gasteiger partial charge is 0.442 e. The molecule has 0 radical (unpaired) electrons. The molecule has 1 atom stereocenters. The van der Waals surface area contributed by atoms with Gasteiger partial charge in [0.05, 0.1) is 18.6 Å². The Bertz CT molecular complexity index is 758. The van der Waals surface area contributed by atoms with E-state index in [0.29, 0.717) is 13.1 Å². The summed E-state index contributed by atoms with van der Waals surface area (Å²) in [6, 6.07) is 9.34. The molecular formula is C16H20N4O3. The van der Waals surface area contributed by atoms with Crippen LogP contribution in [0.3, 0.4) is 0 Å². The highest BCUT2D eigenvalue weighted by Gasteiger charge is 2.33. The molecule has 1 amide bonds. The number of hydrogen-bond acceptors (Lipinski definition) is 4. The molecule has 2 heterocycles. The molecule has 0 bridgehead atoms. The molecule has 2 aromatic rings. The maximum Gasteiger partial charge on any atom is 0.414 e. The smallest absolute Gasteiger partial charge is 0.414 e. The molecule has 1 fully saturated rings. The molecule has 23 heavy (non-hydrogen) atoms. The number of benzene rings is 1. The van der Waals surface area contributed by atoms with Gasteiger partial charge in [0.15, 0.2) is 0 Å². The van der Waals surface area contributed by atoms with Gasteiger partial charge < -0.3 is 4.74 Å². The first-order chi connectivity index (χ1) is 10.9. The summed E-state index contributed by atoms with van der Waals surface area (Å²) in [6.45, 7) is 6.45. The zero-order chi connectivity index (χ0) is 16.6. The Morgan fingerprint density at radius 2 is 1.91 bits per heavy atom. The lowest BCUT2D eigenvalue weighted by molar-refractivity contribution is 0.131. The molecule has 122 valence electrons. The van der Waals surface area contributed by atoms with Crippen LogP contribution in [-0.4, -0.2) is 33.1 Å². The molecule has 0 N–H and O–H groups in total. The molecule has 1 saturated heterocycles. The maximum atomic E-state index is 12.3. The van der Waals surface area contributed by atoms with E-state index in [2.05, 4.69) is 5.10 Å². The van der Waals surface area contributed by atoms with Crippen molar-refractivity contribution in [3.8, 4) is 0 Å². The van der Waals surface area contributed by atoms with Crippen LogP contribution in [0.2, 0.25) is 0 Å². The van der Waals surface area contributed by atoms with Crippen LogP contribution in [0.1, 0.15) is 20.8 Å². The molecule has 0 spiro atoms. The van der Waals surface area contributed by atoms with Crippen LogP contribution in [0, 0.1) is 0 Å². The van der Waals surface area contributed by atoms with Crippen LogP contribution in [0.25, 0.3) is 0 Å². The van der Waals surface area contributed by atoms with E-state index >= 15 is 0 Å². The van der Waals surface area contributed by atoms with Gasteiger partial charge in [0.25, 0.3) is 0 Å². The highest BCUT2D eigenvalue weighted by molar-refractivity contribution is 5.89. The van der Waals surface area contributed by atoms with Gasteiger partial charge in [-0.05, 0) is 32.9 Å². The van der Waals surface area contributed by atoms with Crippen molar-refractivity contribution in [1.82, 2.24) is 14.3 Å². The summed E-state index contributed by atoms with van der Waals surface area (Å²) >= 11 is 0. The van der Waals surface area contributed by atoms with Gasteiger partial charge in [-0.15, -0.1) is 0 Å². The van der Waals surface area contributed by atoms with Crippen LogP contribution in [-0.2, 0) is 16.8 Å². The minimum absolute atomic E-state index is 0.202. The second-order valence-electron chi connectivity index (χ2n) is 6.60. The minimum Gasteiger partial charge on any atom is -0.442 e. The number of carbonyl (C=O) groups is 1. The van der Waals surface area contributed by atoms with Gasteiger partial charge in [-0.1, -0.05) is 18.2 Å². The monoisotopic (exact) mass is 316 g/mol. The van der Waals surface area contributed by atoms with Crippen molar-refractivity contribution in [2.75, 3.05) is 11.4 Å². The third kappa shape index (κ3) is 2.99. The number of nitrogens with zero attached hydrogens (tertiary/aromatic N) is 4. The Hall–Kier alpha value is -2.57. The number of aromatic nitrogens is 3. The fourth-order valence-electron chi connectivity index (χ4n) is 2.57. The molecule has 0 aliphatic carbocycles. The molecular weight excluding hydrogens is 296 g/mol. The van der Waals surface area contributed by atoms with E-state index in [1.165, 1.54) is 15.6 Å². The second kappa shape index (κ2) is 5.57. The molecule has 3 rings (SSSR count). The number of para-hydroxylation sites is 1. The van der Waals surface area contributed by atoms with Crippen LogP contribution >= 0.6 is 0 Å². The number of anilines is 1. The van der Waals surface area contributed by atoms with Gasteiger partial charge in [-0.3, -0.25) is 9.47 Å². The van der Waals surface area contributed by atoms with E-state index in [9.17, 15) is 9.59 Å². The summed E-state index contributed by atoms with van der Waals surface area (Å²) in [5.74, 6) is 0. The summed E-state index contributed by atoms with van der Waals surface area (Å²) in [7, 11) is 0. The van der Waals surface area contributed by atoms with Gasteiger partial charge >= 0.3 is 11.8 Å². The van der Waals surface area contributed by atoms with Crippen LogP contribution < -0.4 is 10.6 Å². The van der Waals surface area contributed by atoms with E-state index in [4.69, 9.17) is 4.74 Å². The van der Waals surface area contributed by atoms with Gasteiger partial charge in [0.2, 0.25) is 0 Å². The Kier molecular flexibility index (Phi) is 3.71. The van der Waals surface area contributed by atoms with Crippen molar-refractivity contribution in [2.24, 2.45) is 0 Å². The highest BCUT2D eigenvalue weighted by atomic mass is 16.6. The van der Waals surface area contributed by atoms with Crippen molar-refractivity contribution in [2.45, 2.75) is 39.0 Å². The average Bonchev–Trinajstić information content (AvgIpc) is 3.04. The van der Waals surface area contributed by atoms with E-state index < -0.39 is 6.09 Å². The van der Waals surface area contributed by atoms with Gasteiger partial charge in [-0.25, -0.2) is 14.3 Å². The van der Waals surface area contributed by atoms with E-state index in [-0.39, 0.29) is 17.3 Å². The maximum absolute atomic E-state index is 12.3. The van der Waals surface area contributed by atoms with Gasteiger partial charge in [0.1, 0.15) is 12.4 Å².